The van der Waals surface area contributed by atoms with Crippen LogP contribution in [0.2, 0.25) is 0 Å². The van der Waals surface area contributed by atoms with E-state index in [0.717, 1.165) is 0 Å². The predicted molar refractivity (Wildman–Crippen MR) is 19.9 cm³/mol. The second-order valence-corrected chi connectivity index (χ2v) is 2.17. The third kappa shape index (κ3) is 1.94. The van der Waals surface area contributed by atoms with Crippen molar-refractivity contribution in [2.75, 3.05) is 0 Å². The minimum absolute atomic E-state index is 0. The average Bonchev–Trinajstić information content (AvgIpc) is 1.75. The molecule has 5 heavy (non-hydrogen) atoms. The van der Waals surface area contributed by atoms with Gasteiger partial charge in [0.2, 0.25) is 0 Å². The van der Waals surface area contributed by atoms with Gasteiger partial charge in [-0.3, -0.25) is 0 Å². The fraction of sp³-hybridized carbons (Fsp3) is 0. The van der Waals surface area contributed by atoms with Crippen molar-refractivity contribution < 1.29 is 11.6 Å². The van der Waals surface area contributed by atoms with Crippen molar-refractivity contribution in [2.24, 2.45) is 0 Å². The van der Waals surface area contributed by atoms with Gasteiger partial charge in [0, 0.05) is 0 Å². The summed E-state index contributed by atoms with van der Waals surface area (Å²) in [6.07, 6.45) is 0. The van der Waals surface area contributed by atoms with Crippen LogP contribution in [0.3, 0.4) is 0 Å². The van der Waals surface area contributed by atoms with E-state index in [0.29, 0.717) is 0 Å². The first kappa shape index (κ1) is 5.16. The van der Waals surface area contributed by atoms with Crippen LogP contribution in [0, 0.1) is 0 Å². The Morgan fingerprint density at radius 2 is 1.60 bits per heavy atom. The van der Waals surface area contributed by atoms with Gasteiger partial charge in [0.25, 0.3) is 0 Å². The van der Waals surface area contributed by atoms with Crippen LogP contribution in [0.15, 0.2) is 0 Å². The van der Waals surface area contributed by atoms with Crippen LogP contribution in [0.25, 0.3) is 0 Å². The van der Waals surface area contributed by atoms with E-state index >= 15 is 0 Å². The SMILES string of the molecule is [O]=[Ge]1[O][O]1.[SiH4]. The van der Waals surface area contributed by atoms with Crippen molar-refractivity contribution >= 4 is 25.9 Å². The number of rotatable bonds is 0. The maximum atomic E-state index is 9.36. The molecule has 1 aliphatic rings. The van der Waals surface area contributed by atoms with Crippen molar-refractivity contribution in [3.63, 3.8) is 0 Å². The van der Waals surface area contributed by atoms with Gasteiger partial charge in [0.05, 0.1) is 0 Å². The molecule has 5 heteroatoms. The van der Waals surface area contributed by atoms with E-state index in [9.17, 15) is 3.78 Å². The molecule has 1 heterocycles. The van der Waals surface area contributed by atoms with E-state index < -0.39 is 15.0 Å². The molecule has 0 N–H and O–H groups in total. The maximum absolute atomic E-state index is 9.36. The van der Waals surface area contributed by atoms with Gasteiger partial charge in [-0.1, -0.05) is 0 Å². The average molecular weight is 153 g/mol. The van der Waals surface area contributed by atoms with Gasteiger partial charge in [-0.15, -0.1) is 0 Å². The Morgan fingerprint density at radius 3 is 1.60 bits per heavy atom. The predicted octanol–water partition coefficient (Wildman–Crippen LogP) is -2.09. The molecule has 1 aliphatic heterocycles. The molecule has 0 saturated carbocycles. The molecule has 3 nitrogen and oxygen atoms in total. The van der Waals surface area contributed by atoms with Crippen LogP contribution in [0.5, 0.6) is 0 Å². The molecule has 0 aromatic carbocycles. The van der Waals surface area contributed by atoms with Crippen molar-refractivity contribution in [1.82, 2.24) is 0 Å². The third-order valence-corrected chi connectivity index (χ3v) is 0.787. The monoisotopic (exact) mass is 154 g/mol. The van der Waals surface area contributed by atoms with Crippen LogP contribution in [-0.4, -0.2) is 25.9 Å². The Kier molecular flexibility index (Phi) is 1.61. The molecular formula is H4GeO3Si. The Hall–Kier alpha value is 0.160. The van der Waals surface area contributed by atoms with Crippen LogP contribution < -0.4 is 0 Å². The zero-order valence-electron chi connectivity index (χ0n) is 1.72. The van der Waals surface area contributed by atoms with Gasteiger partial charge in [0.15, 0.2) is 0 Å². The van der Waals surface area contributed by atoms with E-state index in [2.05, 4.69) is 7.83 Å². The van der Waals surface area contributed by atoms with Gasteiger partial charge in [-0.25, -0.2) is 0 Å². The van der Waals surface area contributed by atoms with E-state index in [1.54, 1.807) is 0 Å². The zero-order chi connectivity index (χ0) is 2.99. The first-order valence-electron chi connectivity index (χ1n) is 0.779. The second kappa shape index (κ2) is 1.56. The molecule has 0 atom stereocenters. The summed E-state index contributed by atoms with van der Waals surface area (Å²) in [6, 6.07) is 0. The van der Waals surface area contributed by atoms with Crippen LogP contribution in [0.4, 0.5) is 0 Å². The summed E-state index contributed by atoms with van der Waals surface area (Å²) < 4.78 is 17.0. The summed E-state index contributed by atoms with van der Waals surface area (Å²) in [4.78, 5) is 0. The Morgan fingerprint density at radius 1 is 1.40 bits per heavy atom. The first-order chi connectivity index (χ1) is 1.89. The summed E-state index contributed by atoms with van der Waals surface area (Å²) in [5.41, 5.74) is 0. The second-order valence-electron chi connectivity index (χ2n) is 0.417. The molecule has 0 bridgehead atoms. The molecule has 1 fully saturated rings. The van der Waals surface area contributed by atoms with Gasteiger partial charge in [-0.05, 0) is 11.0 Å². The molecular weight excluding hydrogens is 149 g/mol. The normalized spacial score (nSPS) is 14.0. The molecule has 0 aromatic rings. The van der Waals surface area contributed by atoms with E-state index in [-0.39, 0.29) is 11.0 Å². The molecule has 0 aliphatic carbocycles. The minimum Gasteiger partial charge on any atom is -0.0149 e. The topological polar surface area (TPSA) is 42.1 Å². The maximum Gasteiger partial charge on any atom is -0.0149 e. The van der Waals surface area contributed by atoms with Gasteiger partial charge < -0.3 is 0 Å². The summed E-state index contributed by atoms with van der Waals surface area (Å²) in [5.74, 6) is 0. The van der Waals surface area contributed by atoms with Gasteiger partial charge in [0.1, 0.15) is 0 Å². The fourth-order valence-electron chi connectivity index (χ4n) is 0.0170. The standard InChI is InChI=1S/GeO3.H4Si/c2-1-3-4-1;/h;1H4. The zero-order valence-corrected chi connectivity index (χ0v) is 3.82. The Labute approximate surface area is 38.2 Å². The minimum atomic E-state index is -2.33. The quantitative estimate of drug-likeness (QED) is 0.227. The Bertz CT molecular complexity index is 44.9. The molecule has 1 saturated heterocycles. The molecule has 0 unspecified atom stereocenters. The molecule has 1 rings (SSSR count). The third-order valence-electron chi connectivity index (χ3n) is 0.151. The number of hydrogen-bond acceptors (Lipinski definition) is 3. The molecule has 0 aromatic heterocycles. The van der Waals surface area contributed by atoms with Gasteiger partial charge in [-0.2, -0.15) is 0 Å². The number of hydrogen-bond donors (Lipinski definition) is 0. The van der Waals surface area contributed by atoms with Crippen LogP contribution >= 0.6 is 0 Å². The molecule has 0 radical (unpaired) electrons. The fourth-order valence-corrected chi connectivity index (χ4v) is 0.459. The van der Waals surface area contributed by atoms with E-state index in [1.165, 1.54) is 0 Å². The molecule has 0 spiro atoms. The summed E-state index contributed by atoms with van der Waals surface area (Å²) in [5, 5.41) is 0. The van der Waals surface area contributed by atoms with Crippen molar-refractivity contribution in [3.8, 4) is 0 Å². The smallest absolute Gasteiger partial charge is 0.0149 e. The largest absolute Gasteiger partial charge is 0.0149 e. The Balaban J connectivity index is 0.000000160. The molecule has 30 valence electrons. The van der Waals surface area contributed by atoms with Crippen LogP contribution in [0.1, 0.15) is 0 Å². The molecule has 0 amide bonds. The van der Waals surface area contributed by atoms with Crippen LogP contribution in [-0.2, 0) is 11.6 Å². The summed E-state index contributed by atoms with van der Waals surface area (Å²) in [6.45, 7) is 0. The van der Waals surface area contributed by atoms with Crippen molar-refractivity contribution in [1.29, 1.82) is 0 Å². The van der Waals surface area contributed by atoms with E-state index in [1.807, 2.05) is 0 Å². The van der Waals surface area contributed by atoms with Crippen molar-refractivity contribution in [2.45, 2.75) is 0 Å². The van der Waals surface area contributed by atoms with Gasteiger partial charge >= 0.3 is 26.6 Å². The summed E-state index contributed by atoms with van der Waals surface area (Å²) in [7, 11) is 0. The van der Waals surface area contributed by atoms with E-state index in [4.69, 9.17) is 0 Å². The van der Waals surface area contributed by atoms with Crippen molar-refractivity contribution in [3.05, 3.63) is 0 Å². The summed E-state index contributed by atoms with van der Waals surface area (Å²) >= 11 is -2.33. The first-order valence-corrected chi connectivity index (χ1v) is 3.35.